The van der Waals surface area contributed by atoms with Gasteiger partial charge in [-0.25, -0.2) is 0 Å². The van der Waals surface area contributed by atoms with E-state index in [4.69, 9.17) is 18.9 Å². The molecule has 5 atom stereocenters. The molecule has 2 rings (SSSR count). The van der Waals surface area contributed by atoms with Crippen LogP contribution in [0.5, 0.6) is 0 Å². The molecule has 0 N–H and O–H groups in total. The topological polar surface area (TPSA) is 71.1 Å². The molecular weight excluding hydrogens is 252 g/mol. The highest BCUT2D eigenvalue weighted by Crippen LogP contribution is 2.40. The second kappa shape index (κ2) is 5.71. The Morgan fingerprint density at radius 2 is 1.74 bits per heavy atom. The second-order valence-electron chi connectivity index (χ2n) is 4.73. The third-order valence-electron chi connectivity index (χ3n) is 3.36. The summed E-state index contributed by atoms with van der Waals surface area (Å²) in [4.78, 5) is 23.9. The highest BCUT2D eigenvalue weighted by molar-refractivity contribution is 5.85. The molecule has 2 aliphatic rings. The van der Waals surface area contributed by atoms with Gasteiger partial charge in [-0.3, -0.25) is 9.59 Å². The van der Waals surface area contributed by atoms with Crippen LogP contribution < -0.4 is 0 Å². The van der Waals surface area contributed by atoms with Crippen LogP contribution in [0, 0.1) is 11.8 Å². The van der Waals surface area contributed by atoms with Crippen molar-refractivity contribution in [1.82, 2.24) is 0 Å². The van der Waals surface area contributed by atoms with Crippen molar-refractivity contribution in [3.8, 4) is 0 Å². The summed E-state index contributed by atoms with van der Waals surface area (Å²) in [5, 5.41) is 0. The maximum atomic E-state index is 12.2. The predicted molar refractivity (Wildman–Crippen MR) is 64.2 cm³/mol. The molecule has 0 aromatic rings. The van der Waals surface area contributed by atoms with Gasteiger partial charge < -0.3 is 18.9 Å². The summed E-state index contributed by atoms with van der Waals surface area (Å²) < 4.78 is 20.5. The Labute approximate surface area is 111 Å². The van der Waals surface area contributed by atoms with Crippen molar-refractivity contribution in [3.63, 3.8) is 0 Å². The molecule has 5 unspecified atom stereocenters. The average molecular weight is 270 g/mol. The van der Waals surface area contributed by atoms with Gasteiger partial charge in [0.05, 0.1) is 25.9 Å². The Balaban J connectivity index is 2.07. The molecule has 106 valence electrons. The van der Waals surface area contributed by atoms with Gasteiger partial charge in [0.25, 0.3) is 0 Å². The van der Waals surface area contributed by atoms with Crippen molar-refractivity contribution in [2.45, 2.75) is 25.2 Å². The lowest BCUT2D eigenvalue weighted by molar-refractivity contribution is -0.163. The first kappa shape index (κ1) is 14.0. The molecule has 2 bridgehead atoms. The predicted octanol–water partition coefficient (Wildman–Crippen LogP) is 0.307. The highest BCUT2D eigenvalue weighted by Gasteiger charge is 2.54. The van der Waals surface area contributed by atoms with Crippen LogP contribution in [-0.2, 0) is 28.5 Å². The van der Waals surface area contributed by atoms with Crippen molar-refractivity contribution >= 4 is 11.9 Å². The summed E-state index contributed by atoms with van der Waals surface area (Å²) in [5.41, 5.74) is 0. The van der Waals surface area contributed by atoms with Crippen molar-refractivity contribution in [2.24, 2.45) is 11.8 Å². The lowest BCUT2D eigenvalue weighted by atomic mass is 9.83. The molecule has 0 spiro atoms. The van der Waals surface area contributed by atoms with Gasteiger partial charge in [-0.05, 0) is 6.92 Å². The molecule has 0 aromatic heterocycles. The van der Waals surface area contributed by atoms with E-state index in [0.29, 0.717) is 6.61 Å². The largest absolute Gasteiger partial charge is 0.469 e. The van der Waals surface area contributed by atoms with Gasteiger partial charge >= 0.3 is 11.9 Å². The molecule has 0 aliphatic carbocycles. The number of hydrogen-bond donors (Lipinski definition) is 0. The number of fused-ring (bicyclic) bond motifs is 2. The lowest BCUT2D eigenvalue weighted by Crippen LogP contribution is -2.39. The first-order valence-electron chi connectivity index (χ1n) is 6.19. The lowest BCUT2D eigenvalue weighted by Gasteiger charge is -2.23. The van der Waals surface area contributed by atoms with Crippen molar-refractivity contribution < 1.29 is 28.5 Å². The molecule has 2 aliphatic heterocycles. The maximum absolute atomic E-state index is 12.2. The first-order chi connectivity index (χ1) is 9.08. The van der Waals surface area contributed by atoms with E-state index in [1.54, 1.807) is 19.1 Å². The molecule has 0 amide bonds. The third kappa shape index (κ3) is 2.64. The van der Waals surface area contributed by atoms with Crippen LogP contribution in [0.3, 0.4) is 0 Å². The SMILES string of the molecule is COCC(C)OC(=O)C1C2C=CC(O2)C1C(=O)OC. The minimum absolute atomic E-state index is 0.312. The smallest absolute Gasteiger partial charge is 0.313 e. The third-order valence-corrected chi connectivity index (χ3v) is 3.36. The van der Waals surface area contributed by atoms with E-state index < -0.39 is 36.0 Å². The number of hydrogen-bond acceptors (Lipinski definition) is 6. The van der Waals surface area contributed by atoms with Gasteiger partial charge in [0.2, 0.25) is 0 Å². The van der Waals surface area contributed by atoms with E-state index in [9.17, 15) is 9.59 Å². The fraction of sp³-hybridized carbons (Fsp3) is 0.692. The Morgan fingerprint density at radius 3 is 2.26 bits per heavy atom. The first-order valence-corrected chi connectivity index (χ1v) is 6.19. The summed E-state index contributed by atoms with van der Waals surface area (Å²) in [6.07, 6.45) is 2.41. The van der Waals surface area contributed by atoms with Gasteiger partial charge in [0, 0.05) is 7.11 Å². The Hall–Kier alpha value is -1.40. The van der Waals surface area contributed by atoms with Gasteiger partial charge in [0.1, 0.15) is 17.9 Å². The molecule has 2 heterocycles. The summed E-state index contributed by atoms with van der Waals surface area (Å²) in [6, 6.07) is 0. The molecule has 6 nitrogen and oxygen atoms in total. The molecule has 0 radical (unpaired) electrons. The van der Waals surface area contributed by atoms with Crippen molar-refractivity contribution in [3.05, 3.63) is 12.2 Å². The van der Waals surface area contributed by atoms with E-state index in [-0.39, 0.29) is 6.10 Å². The zero-order valence-electron chi connectivity index (χ0n) is 11.2. The molecule has 19 heavy (non-hydrogen) atoms. The average Bonchev–Trinajstić information content (AvgIpc) is 2.97. The summed E-state index contributed by atoms with van der Waals surface area (Å²) in [5.74, 6) is -2.15. The normalized spacial score (nSPS) is 33.2. The Morgan fingerprint density at radius 1 is 1.16 bits per heavy atom. The quantitative estimate of drug-likeness (QED) is 0.529. The number of carbonyl (C=O) groups is 2. The van der Waals surface area contributed by atoms with Crippen LogP contribution in [0.4, 0.5) is 0 Å². The van der Waals surface area contributed by atoms with Crippen molar-refractivity contribution in [1.29, 1.82) is 0 Å². The Kier molecular flexibility index (Phi) is 4.21. The van der Waals surface area contributed by atoms with Crippen LogP contribution in [0.1, 0.15) is 6.92 Å². The maximum Gasteiger partial charge on any atom is 0.313 e. The number of rotatable bonds is 5. The summed E-state index contributed by atoms with van der Waals surface area (Å²) in [7, 11) is 2.83. The molecule has 1 fully saturated rings. The summed E-state index contributed by atoms with van der Waals surface area (Å²) >= 11 is 0. The van der Waals surface area contributed by atoms with Gasteiger partial charge in [0.15, 0.2) is 0 Å². The number of esters is 2. The molecular formula is C13H18O6. The minimum Gasteiger partial charge on any atom is -0.469 e. The van der Waals surface area contributed by atoms with Crippen LogP contribution in [-0.4, -0.2) is 51.1 Å². The number of ether oxygens (including phenoxy) is 4. The zero-order valence-corrected chi connectivity index (χ0v) is 11.2. The zero-order chi connectivity index (χ0) is 14.0. The van der Waals surface area contributed by atoms with Gasteiger partial charge in [-0.1, -0.05) is 12.2 Å². The number of carbonyl (C=O) groups excluding carboxylic acids is 2. The van der Waals surface area contributed by atoms with Crippen LogP contribution >= 0.6 is 0 Å². The summed E-state index contributed by atoms with van der Waals surface area (Å²) in [6.45, 7) is 2.05. The van der Waals surface area contributed by atoms with Crippen LogP contribution in [0.15, 0.2) is 12.2 Å². The van der Waals surface area contributed by atoms with E-state index in [2.05, 4.69) is 0 Å². The molecule has 0 aromatic carbocycles. The Bertz CT molecular complexity index is 391. The fourth-order valence-corrected chi connectivity index (χ4v) is 2.55. The fourth-order valence-electron chi connectivity index (χ4n) is 2.55. The molecule has 0 saturated carbocycles. The van der Waals surface area contributed by atoms with E-state index in [1.165, 1.54) is 14.2 Å². The standard InChI is InChI=1S/C13H18O6/c1-7(6-16-2)18-13(15)11-9-5-4-8(19-9)10(11)12(14)17-3/h4-5,7-11H,6H2,1-3H3. The van der Waals surface area contributed by atoms with E-state index in [0.717, 1.165) is 0 Å². The van der Waals surface area contributed by atoms with E-state index in [1.807, 2.05) is 0 Å². The van der Waals surface area contributed by atoms with Crippen LogP contribution in [0.2, 0.25) is 0 Å². The van der Waals surface area contributed by atoms with Gasteiger partial charge in [-0.15, -0.1) is 0 Å². The molecule has 6 heteroatoms. The monoisotopic (exact) mass is 270 g/mol. The second-order valence-corrected chi connectivity index (χ2v) is 4.73. The molecule has 1 saturated heterocycles. The van der Waals surface area contributed by atoms with Crippen molar-refractivity contribution in [2.75, 3.05) is 20.8 Å². The minimum atomic E-state index is -0.637. The highest BCUT2D eigenvalue weighted by atomic mass is 16.6. The van der Waals surface area contributed by atoms with E-state index >= 15 is 0 Å². The number of methoxy groups -OCH3 is 2. The van der Waals surface area contributed by atoms with Gasteiger partial charge in [-0.2, -0.15) is 0 Å². The van der Waals surface area contributed by atoms with Crippen LogP contribution in [0.25, 0.3) is 0 Å².